The Morgan fingerprint density at radius 2 is 2.03 bits per heavy atom. The van der Waals surface area contributed by atoms with E-state index < -0.39 is 0 Å². The van der Waals surface area contributed by atoms with Crippen molar-refractivity contribution in [2.45, 2.75) is 44.1 Å². The van der Waals surface area contributed by atoms with Crippen LogP contribution in [0, 0.1) is 6.92 Å². The van der Waals surface area contributed by atoms with E-state index in [2.05, 4.69) is 20.8 Å². The maximum atomic E-state index is 12.5. The summed E-state index contributed by atoms with van der Waals surface area (Å²) in [6, 6.07) is 13.1. The van der Waals surface area contributed by atoms with Crippen molar-refractivity contribution < 1.29 is 14.3 Å². The summed E-state index contributed by atoms with van der Waals surface area (Å²) in [5.41, 5.74) is 2.66. The zero-order chi connectivity index (χ0) is 23.9. The van der Waals surface area contributed by atoms with Crippen molar-refractivity contribution in [3.8, 4) is 5.75 Å². The molecule has 1 amide bonds. The summed E-state index contributed by atoms with van der Waals surface area (Å²) >= 11 is 7.61. The summed E-state index contributed by atoms with van der Waals surface area (Å²) in [5, 5.41) is 16.4. The van der Waals surface area contributed by atoms with Crippen LogP contribution in [0.25, 0.3) is 0 Å². The zero-order valence-corrected chi connectivity index (χ0v) is 20.8. The summed E-state index contributed by atoms with van der Waals surface area (Å²) in [7, 11) is 1.61. The number of carbonyl (C=O) groups is 1. The fraction of sp³-hybridized carbons (Fsp3) is 0.375. The minimum atomic E-state index is -0.115. The molecule has 1 fully saturated rings. The predicted octanol–water partition coefficient (Wildman–Crippen LogP) is 4.77. The lowest BCUT2D eigenvalue weighted by Crippen LogP contribution is -2.20. The molecule has 0 spiro atoms. The number of ether oxygens (including phenoxy) is 2. The van der Waals surface area contributed by atoms with Crippen LogP contribution in [0.3, 0.4) is 0 Å². The third kappa shape index (κ3) is 6.43. The predicted molar refractivity (Wildman–Crippen MR) is 135 cm³/mol. The van der Waals surface area contributed by atoms with Crippen LogP contribution in [0.4, 0.5) is 11.4 Å². The van der Waals surface area contributed by atoms with Gasteiger partial charge >= 0.3 is 0 Å². The molecule has 1 aliphatic rings. The van der Waals surface area contributed by atoms with Crippen LogP contribution < -0.4 is 15.4 Å². The lowest BCUT2D eigenvalue weighted by atomic mass is 10.2. The van der Waals surface area contributed by atoms with E-state index in [9.17, 15) is 4.79 Å². The molecule has 1 saturated heterocycles. The van der Waals surface area contributed by atoms with Crippen molar-refractivity contribution in [2.24, 2.45) is 0 Å². The van der Waals surface area contributed by atoms with Gasteiger partial charge in [0, 0.05) is 23.0 Å². The highest BCUT2D eigenvalue weighted by molar-refractivity contribution is 7.99. The van der Waals surface area contributed by atoms with Crippen molar-refractivity contribution in [3.63, 3.8) is 0 Å². The van der Waals surface area contributed by atoms with Crippen LogP contribution in [0.15, 0.2) is 47.6 Å². The molecule has 34 heavy (non-hydrogen) atoms. The average Bonchev–Trinajstić information content (AvgIpc) is 3.49. The molecule has 1 aliphatic heterocycles. The number of benzene rings is 2. The summed E-state index contributed by atoms with van der Waals surface area (Å²) in [5.74, 6) is 1.63. The van der Waals surface area contributed by atoms with Crippen LogP contribution >= 0.6 is 23.4 Å². The lowest BCUT2D eigenvalue weighted by Gasteiger charge is -2.15. The van der Waals surface area contributed by atoms with Crippen LogP contribution in [0.2, 0.25) is 5.02 Å². The Balaban J connectivity index is 1.41. The minimum absolute atomic E-state index is 0.115. The third-order valence-corrected chi connectivity index (χ3v) is 6.91. The van der Waals surface area contributed by atoms with E-state index in [0.717, 1.165) is 42.3 Å². The third-order valence-electron chi connectivity index (χ3n) is 5.53. The van der Waals surface area contributed by atoms with Crippen molar-refractivity contribution in [3.05, 3.63) is 58.9 Å². The maximum Gasteiger partial charge on any atom is 0.234 e. The molecule has 0 aliphatic carbocycles. The lowest BCUT2D eigenvalue weighted by molar-refractivity contribution is -0.113. The largest absolute Gasteiger partial charge is 0.497 e. The average molecular weight is 502 g/mol. The summed E-state index contributed by atoms with van der Waals surface area (Å²) in [6.45, 7) is 3.88. The number of anilines is 2. The second kappa shape index (κ2) is 11.6. The number of halogens is 1. The second-order valence-electron chi connectivity index (χ2n) is 8.03. The van der Waals surface area contributed by atoms with Gasteiger partial charge in [-0.05, 0) is 61.7 Å². The summed E-state index contributed by atoms with van der Waals surface area (Å²) in [4.78, 5) is 12.5. The first kappa shape index (κ1) is 24.4. The fourth-order valence-electron chi connectivity index (χ4n) is 3.62. The first-order valence-electron chi connectivity index (χ1n) is 11.1. The highest BCUT2D eigenvalue weighted by Gasteiger charge is 2.21. The van der Waals surface area contributed by atoms with Gasteiger partial charge in [0.1, 0.15) is 5.75 Å². The molecule has 0 radical (unpaired) electrons. The van der Waals surface area contributed by atoms with Gasteiger partial charge in [-0.15, -0.1) is 10.2 Å². The van der Waals surface area contributed by atoms with Crippen molar-refractivity contribution in [1.29, 1.82) is 0 Å². The number of nitrogens with zero attached hydrogens (tertiary/aromatic N) is 3. The van der Waals surface area contributed by atoms with Gasteiger partial charge in [-0.1, -0.05) is 29.4 Å². The highest BCUT2D eigenvalue weighted by Crippen LogP contribution is 2.24. The van der Waals surface area contributed by atoms with Gasteiger partial charge in [0.25, 0.3) is 0 Å². The fourth-order valence-corrected chi connectivity index (χ4v) is 4.56. The van der Waals surface area contributed by atoms with E-state index in [4.69, 9.17) is 21.1 Å². The van der Waals surface area contributed by atoms with E-state index in [1.54, 1.807) is 7.11 Å². The number of hydrogen-bond donors (Lipinski definition) is 2. The van der Waals surface area contributed by atoms with Gasteiger partial charge in [-0.3, -0.25) is 4.79 Å². The molecule has 180 valence electrons. The van der Waals surface area contributed by atoms with E-state index in [1.807, 2.05) is 54.0 Å². The summed E-state index contributed by atoms with van der Waals surface area (Å²) in [6.07, 6.45) is 2.17. The standard InChI is InChI=1S/C24H28ClN5O3S/c1-16-5-6-18(12-21(16)25)26-13-22-28-29-24(30(22)14-20-4-3-11-33-20)34-15-23(31)27-17-7-9-19(32-2)10-8-17/h5-10,12,20,26H,3-4,11,13-15H2,1-2H3,(H,27,31). The Morgan fingerprint density at radius 1 is 1.24 bits per heavy atom. The van der Waals surface area contributed by atoms with Gasteiger partial charge < -0.3 is 24.7 Å². The first-order chi connectivity index (χ1) is 16.5. The Kier molecular flexibility index (Phi) is 8.31. The number of methoxy groups -OCH3 is 1. The van der Waals surface area contributed by atoms with E-state index in [-0.39, 0.29) is 17.8 Å². The molecule has 0 saturated carbocycles. The molecule has 4 rings (SSSR count). The molecular formula is C24H28ClN5O3S. The molecular weight excluding hydrogens is 474 g/mol. The highest BCUT2D eigenvalue weighted by atomic mass is 35.5. The molecule has 2 aromatic carbocycles. The number of carbonyl (C=O) groups excluding carboxylic acids is 1. The van der Waals surface area contributed by atoms with Gasteiger partial charge in [-0.2, -0.15) is 0 Å². The van der Waals surface area contributed by atoms with E-state index >= 15 is 0 Å². The van der Waals surface area contributed by atoms with Crippen LogP contribution in [0.1, 0.15) is 24.2 Å². The first-order valence-corrected chi connectivity index (χ1v) is 12.5. The van der Waals surface area contributed by atoms with E-state index in [0.29, 0.717) is 29.0 Å². The Hall–Kier alpha value is -2.75. The number of aromatic nitrogens is 3. The number of hydrogen-bond acceptors (Lipinski definition) is 7. The number of thioether (sulfide) groups is 1. The van der Waals surface area contributed by atoms with Crippen molar-refractivity contribution in [1.82, 2.24) is 14.8 Å². The number of rotatable bonds is 10. The summed E-state index contributed by atoms with van der Waals surface area (Å²) < 4.78 is 13.0. The molecule has 1 atom stereocenters. The monoisotopic (exact) mass is 501 g/mol. The molecule has 3 aromatic rings. The topological polar surface area (TPSA) is 90.3 Å². The van der Waals surface area contributed by atoms with Gasteiger partial charge in [0.15, 0.2) is 11.0 Å². The van der Waals surface area contributed by atoms with Crippen LogP contribution in [-0.2, 0) is 22.6 Å². The number of amides is 1. The molecule has 8 nitrogen and oxygen atoms in total. The molecule has 1 unspecified atom stereocenters. The van der Waals surface area contributed by atoms with Gasteiger partial charge in [-0.25, -0.2) is 0 Å². The van der Waals surface area contributed by atoms with Crippen LogP contribution in [-0.4, -0.2) is 46.2 Å². The zero-order valence-electron chi connectivity index (χ0n) is 19.2. The number of aryl methyl sites for hydroxylation is 1. The van der Waals surface area contributed by atoms with Crippen LogP contribution in [0.5, 0.6) is 5.75 Å². The quantitative estimate of drug-likeness (QED) is 0.387. The SMILES string of the molecule is COc1ccc(NC(=O)CSc2nnc(CNc3ccc(C)c(Cl)c3)n2CC2CCCO2)cc1. The molecule has 2 N–H and O–H groups in total. The Labute approximate surface area is 208 Å². The van der Waals surface area contributed by atoms with Crippen molar-refractivity contribution in [2.75, 3.05) is 30.1 Å². The molecule has 1 aromatic heterocycles. The van der Waals surface area contributed by atoms with E-state index in [1.165, 1.54) is 11.8 Å². The van der Waals surface area contributed by atoms with Crippen molar-refractivity contribution >= 4 is 40.6 Å². The Morgan fingerprint density at radius 3 is 2.74 bits per heavy atom. The smallest absolute Gasteiger partial charge is 0.234 e. The Bertz CT molecular complexity index is 1120. The second-order valence-corrected chi connectivity index (χ2v) is 9.38. The van der Waals surface area contributed by atoms with Gasteiger partial charge in [0.2, 0.25) is 5.91 Å². The number of nitrogens with one attached hydrogen (secondary N) is 2. The molecule has 0 bridgehead atoms. The molecule has 10 heteroatoms. The minimum Gasteiger partial charge on any atom is -0.497 e. The van der Waals surface area contributed by atoms with Gasteiger partial charge in [0.05, 0.1) is 32.1 Å². The molecule has 2 heterocycles. The maximum absolute atomic E-state index is 12.5. The normalized spacial score (nSPS) is 15.3.